The first-order valence-corrected chi connectivity index (χ1v) is 22.6. The number of hydrogen-bond donors (Lipinski definition) is 15. The van der Waals surface area contributed by atoms with Gasteiger partial charge in [0.1, 0.15) is 22.6 Å². The molecule has 24 nitrogen and oxygen atoms in total. The van der Waals surface area contributed by atoms with E-state index in [0.29, 0.717) is 80.0 Å². The molecule has 21 N–H and O–H groups in total. The fourth-order valence-corrected chi connectivity index (χ4v) is 6.92. The lowest BCUT2D eigenvalue weighted by Gasteiger charge is -2.31. The molecule has 0 radical (unpaired) electrons. The average molecular weight is 1050 g/mol. The smallest absolute Gasteiger partial charge is 0.345 e. The van der Waals surface area contributed by atoms with Gasteiger partial charge in [0.05, 0.1) is 6.61 Å². The number of carbonyl (C=O) groups excluding carboxylic acids is 5. The van der Waals surface area contributed by atoms with Gasteiger partial charge in [-0.3, -0.25) is 40.0 Å². The molecule has 6 aromatic rings. The average Bonchev–Trinajstić information content (AvgIpc) is 3.86. The zero-order valence-electron chi connectivity index (χ0n) is 42.3. The summed E-state index contributed by atoms with van der Waals surface area (Å²) in [5.41, 5.74) is 48.6. The second kappa shape index (κ2) is 28.0. The molecule has 0 saturated carbocycles. The number of nitrogens with one attached hydrogen (secondary N) is 4. The van der Waals surface area contributed by atoms with Crippen molar-refractivity contribution in [2.75, 3.05) is 41.0 Å². The predicted octanol–water partition coefficient (Wildman–Crippen LogP) is 5.49. The standard InChI is InChI=1S/C10H11NO3.C9H12N2O2.C9H9NO3.3C8H10N2O2/c1-10(2)13-8-4-3-6(11)5-7(8)9(12)14-10;1-2-6-3-4-7(10)5-8(6)9(12)11-13;10-6-3-5-1-2-13-8(5)7(4-6)9(11)12;1-5-4-6(9)2-3-7(5)8(11)10-12;2*1-5-2-3-6(9)4-7(5)8(11)10-12/h3-5H,11H2,1-2H3;3-5,13H,2,10H2,1H3,(H,11,12);3-4H,1-2,10H2,(H,11,12);3*2-4,12H,9H2,1H3,(H,10,11). The summed E-state index contributed by atoms with van der Waals surface area (Å²) in [5, 5.41) is 42.4. The monoisotopic (exact) mass is 1050 g/mol. The number of amides is 4. The highest BCUT2D eigenvalue weighted by molar-refractivity contribution is 5.98. The third-order valence-corrected chi connectivity index (χ3v) is 10.6. The van der Waals surface area contributed by atoms with Crippen LogP contribution in [0.4, 0.5) is 34.1 Å². The van der Waals surface area contributed by atoms with E-state index in [1.54, 1.807) is 141 Å². The van der Waals surface area contributed by atoms with E-state index in [0.717, 1.165) is 40.7 Å². The van der Waals surface area contributed by atoms with E-state index in [1.165, 1.54) is 18.2 Å². The Morgan fingerprint density at radius 1 is 0.526 bits per heavy atom. The van der Waals surface area contributed by atoms with Gasteiger partial charge < -0.3 is 53.7 Å². The van der Waals surface area contributed by atoms with Crippen molar-refractivity contribution in [1.29, 1.82) is 0 Å². The lowest BCUT2D eigenvalue weighted by Crippen LogP contribution is -2.38. The minimum Gasteiger partial charge on any atom is -0.492 e. The number of carbonyl (C=O) groups is 6. The Morgan fingerprint density at radius 2 is 0.961 bits per heavy atom. The number of benzene rings is 6. The molecule has 404 valence electrons. The highest BCUT2D eigenvalue weighted by Crippen LogP contribution is 2.33. The van der Waals surface area contributed by atoms with E-state index in [-0.39, 0.29) is 5.56 Å². The number of anilines is 6. The molecule has 2 aliphatic rings. The molecule has 0 spiro atoms. The Hall–Kier alpha value is -9.62. The Balaban J connectivity index is 0.000000240. The lowest BCUT2D eigenvalue weighted by atomic mass is 10.0. The molecule has 76 heavy (non-hydrogen) atoms. The van der Waals surface area contributed by atoms with Crippen LogP contribution in [0, 0.1) is 20.8 Å². The number of nitrogen functional groups attached to an aromatic ring is 6. The number of fused-ring (bicyclic) bond motifs is 2. The number of hydroxylamine groups is 4. The van der Waals surface area contributed by atoms with Crippen LogP contribution in [0.3, 0.4) is 0 Å². The number of aryl methyl sites for hydroxylation is 4. The van der Waals surface area contributed by atoms with Gasteiger partial charge in [0.2, 0.25) is 5.79 Å². The summed E-state index contributed by atoms with van der Waals surface area (Å²) in [5.74, 6) is -3.44. The van der Waals surface area contributed by atoms with Crippen molar-refractivity contribution < 1.29 is 68.9 Å². The summed E-state index contributed by atoms with van der Waals surface area (Å²) in [6.45, 7) is 11.1. The Morgan fingerprint density at radius 3 is 1.46 bits per heavy atom. The summed E-state index contributed by atoms with van der Waals surface area (Å²) in [4.78, 5) is 66.3. The molecule has 0 unspecified atom stereocenters. The van der Waals surface area contributed by atoms with Gasteiger partial charge in [-0.1, -0.05) is 25.1 Å². The van der Waals surface area contributed by atoms with Crippen molar-refractivity contribution in [3.05, 3.63) is 164 Å². The first-order valence-electron chi connectivity index (χ1n) is 22.6. The first kappa shape index (κ1) is 60.7. The van der Waals surface area contributed by atoms with Crippen molar-refractivity contribution in [3.8, 4) is 11.5 Å². The maximum Gasteiger partial charge on any atom is 0.345 e. The molecule has 6 aromatic carbocycles. The van der Waals surface area contributed by atoms with Gasteiger partial charge in [-0.15, -0.1) is 0 Å². The fraction of sp³-hybridized carbons (Fsp3) is 0.192. The van der Waals surface area contributed by atoms with Crippen LogP contribution in [0.5, 0.6) is 11.5 Å². The number of aromatic carboxylic acids is 1. The van der Waals surface area contributed by atoms with Crippen LogP contribution < -0.4 is 65.8 Å². The topological polar surface area (TPSA) is 435 Å². The number of hydrogen-bond acceptors (Lipinski definition) is 19. The molecule has 4 amide bonds. The van der Waals surface area contributed by atoms with Gasteiger partial charge in [0.15, 0.2) is 0 Å². The second-order valence-corrected chi connectivity index (χ2v) is 16.9. The van der Waals surface area contributed by atoms with Gasteiger partial charge in [0.25, 0.3) is 23.6 Å². The number of carboxylic acids is 1. The van der Waals surface area contributed by atoms with E-state index in [1.807, 2.05) is 6.92 Å². The SMILES string of the molecule is CC1(C)OC(=O)c2cc(N)ccc2O1.CCc1ccc(N)cc1C(=O)NO.Cc1cc(N)ccc1C(=O)NO.Cc1ccc(N)cc1C(=O)NO.Cc1ccc(N)cc1C(=O)NO.Nc1cc2c(c(C(=O)O)c1)OCC2. The van der Waals surface area contributed by atoms with Crippen LogP contribution >= 0.6 is 0 Å². The van der Waals surface area contributed by atoms with Crippen molar-refractivity contribution in [3.63, 3.8) is 0 Å². The number of ether oxygens (including phenoxy) is 3. The van der Waals surface area contributed by atoms with E-state index < -0.39 is 41.4 Å². The number of carboxylic acid groups (broad SMARTS) is 1. The van der Waals surface area contributed by atoms with E-state index in [4.69, 9.17) is 74.5 Å². The number of nitrogens with two attached hydrogens (primary N) is 6. The summed E-state index contributed by atoms with van der Waals surface area (Å²) >= 11 is 0. The van der Waals surface area contributed by atoms with Gasteiger partial charge in [-0.2, -0.15) is 0 Å². The molecular weight excluding hydrogens is 989 g/mol. The number of rotatable bonds is 6. The maximum absolute atomic E-state index is 11.5. The number of esters is 1. The molecule has 2 heterocycles. The summed E-state index contributed by atoms with van der Waals surface area (Å²) in [6, 6.07) is 27.9. The van der Waals surface area contributed by atoms with E-state index in [2.05, 4.69) is 0 Å². The third kappa shape index (κ3) is 17.6. The fourth-order valence-electron chi connectivity index (χ4n) is 6.92. The van der Waals surface area contributed by atoms with Gasteiger partial charge >= 0.3 is 11.9 Å². The van der Waals surface area contributed by atoms with Crippen molar-refractivity contribution in [2.45, 2.75) is 60.2 Å². The van der Waals surface area contributed by atoms with Crippen LogP contribution in [0.2, 0.25) is 0 Å². The molecule has 0 aliphatic carbocycles. The second-order valence-electron chi connectivity index (χ2n) is 16.9. The van der Waals surface area contributed by atoms with E-state index in [9.17, 15) is 28.8 Å². The maximum atomic E-state index is 11.5. The third-order valence-electron chi connectivity index (χ3n) is 10.6. The van der Waals surface area contributed by atoms with Gasteiger partial charge in [-0.25, -0.2) is 31.5 Å². The van der Waals surface area contributed by atoms with Crippen molar-refractivity contribution in [2.24, 2.45) is 0 Å². The van der Waals surface area contributed by atoms with Crippen molar-refractivity contribution >= 4 is 69.7 Å². The highest BCUT2D eigenvalue weighted by Gasteiger charge is 2.33. The molecule has 0 bridgehead atoms. The van der Waals surface area contributed by atoms with Crippen molar-refractivity contribution in [1.82, 2.24) is 21.9 Å². The quantitative estimate of drug-likeness (QED) is 0.0424. The van der Waals surface area contributed by atoms with E-state index >= 15 is 0 Å². The van der Waals surface area contributed by atoms with Crippen LogP contribution in [-0.2, 0) is 17.6 Å². The molecule has 8 rings (SSSR count). The Labute approximate surface area is 436 Å². The highest BCUT2D eigenvalue weighted by atomic mass is 16.7. The van der Waals surface area contributed by atoms with Crippen LogP contribution in [0.1, 0.15) is 111 Å². The van der Waals surface area contributed by atoms with Crippen LogP contribution in [0.15, 0.2) is 103 Å². The molecule has 0 atom stereocenters. The zero-order chi connectivity index (χ0) is 57.0. The summed E-state index contributed by atoms with van der Waals surface area (Å²) in [6.07, 6.45) is 1.46. The predicted molar refractivity (Wildman–Crippen MR) is 282 cm³/mol. The minimum absolute atomic E-state index is 0.160. The molecule has 0 fully saturated rings. The minimum atomic E-state index is -0.995. The van der Waals surface area contributed by atoms with Gasteiger partial charge in [-0.05, 0) is 134 Å². The zero-order valence-corrected chi connectivity index (χ0v) is 42.3. The number of cyclic esters (lactones) is 1. The normalized spacial score (nSPS) is 11.8. The van der Waals surface area contributed by atoms with Crippen LogP contribution in [0.25, 0.3) is 0 Å². The van der Waals surface area contributed by atoms with Crippen LogP contribution in [-0.4, -0.2) is 73.9 Å². The molecule has 0 saturated heterocycles. The molecular formula is C52H62N10O14. The summed E-state index contributed by atoms with van der Waals surface area (Å²) in [7, 11) is 0. The Kier molecular flexibility index (Phi) is 22.4. The first-order chi connectivity index (χ1) is 35.8. The Bertz CT molecular complexity index is 3010. The lowest BCUT2D eigenvalue weighted by molar-refractivity contribution is -0.127. The summed E-state index contributed by atoms with van der Waals surface area (Å²) < 4.78 is 15.7. The van der Waals surface area contributed by atoms with Gasteiger partial charge in [0, 0.05) is 82.2 Å². The largest absolute Gasteiger partial charge is 0.492 e. The molecule has 24 heteroatoms. The molecule has 0 aromatic heterocycles. The molecule has 2 aliphatic heterocycles.